The highest BCUT2D eigenvalue weighted by molar-refractivity contribution is 7.09. The Morgan fingerprint density at radius 3 is 2.75 bits per heavy atom. The van der Waals surface area contributed by atoms with Crippen LogP contribution in [0.25, 0.3) is 0 Å². The standard InChI is InChI=1S/C17H24N2O4S/c1-18-16(22)19(15(21)17(18)7-3-2-4-8-17)10-13(20)11-23-12-14-6-5-9-24-14/h5-6,9,13,20H,2-4,7-8,10-12H2,1H3. The van der Waals surface area contributed by atoms with Gasteiger partial charge in [0.25, 0.3) is 5.91 Å². The van der Waals surface area contributed by atoms with Crippen LogP contribution < -0.4 is 0 Å². The summed E-state index contributed by atoms with van der Waals surface area (Å²) < 4.78 is 5.48. The van der Waals surface area contributed by atoms with Crippen molar-refractivity contribution in [2.75, 3.05) is 20.2 Å². The number of nitrogens with zero attached hydrogens (tertiary/aromatic N) is 2. The number of carbonyl (C=O) groups is 2. The molecule has 7 heteroatoms. The van der Waals surface area contributed by atoms with Crippen molar-refractivity contribution in [2.24, 2.45) is 0 Å². The molecule has 1 aliphatic carbocycles. The third-order valence-electron chi connectivity index (χ3n) is 5.01. The van der Waals surface area contributed by atoms with Gasteiger partial charge >= 0.3 is 6.03 Å². The van der Waals surface area contributed by atoms with E-state index in [2.05, 4.69) is 0 Å². The summed E-state index contributed by atoms with van der Waals surface area (Å²) in [5.74, 6) is -0.160. The second kappa shape index (κ2) is 7.21. The molecule has 0 aromatic carbocycles. The van der Waals surface area contributed by atoms with Crippen LogP contribution in [0.1, 0.15) is 37.0 Å². The first-order valence-corrected chi connectivity index (χ1v) is 9.30. The third-order valence-corrected chi connectivity index (χ3v) is 5.86. The molecule has 0 bridgehead atoms. The molecule has 6 nitrogen and oxygen atoms in total. The van der Waals surface area contributed by atoms with Gasteiger partial charge < -0.3 is 14.7 Å². The van der Waals surface area contributed by atoms with Crippen LogP contribution in [-0.4, -0.2) is 58.7 Å². The van der Waals surface area contributed by atoms with E-state index >= 15 is 0 Å². The van der Waals surface area contributed by atoms with Gasteiger partial charge in [0.05, 0.1) is 25.9 Å². The van der Waals surface area contributed by atoms with E-state index in [4.69, 9.17) is 4.74 Å². The van der Waals surface area contributed by atoms with Crippen molar-refractivity contribution in [1.29, 1.82) is 0 Å². The number of ether oxygens (including phenoxy) is 1. The van der Waals surface area contributed by atoms with Gasteiger partial charge in [0.1, 0.15) is 5.54 Å². The van der Waals surface area contributed by atoms with Crippen LogP contribution in [0, 0.1) is 0 Å². The molecule has 132 valence electrons. The molecular weight excluding hydrogens is 328 g/mol. The van der Waals surface area contributed by atoms with Gasteiger partial charge in [-0.2, -0.15) is 0 Å². The molecule has 1 N–H and O–H groups in total. The number of thiophene rings is 1. The van der Waals surface area contributed by atoms with Gasteiger partial charge in [-0.3, -0.25) is 9.69 Å². The van der Waals surface area contributed by atoms with Gasteiger partial charge in [-0.1, -0.05) is 25.3 Å². The number of rotatable bonds is 6. The first-order chi connectivity index (χ1) is 11.5. The van der Waals surface area contributed by atoms with Crippen molar-refractivity contribution in [3.8, 4) is 0 Å². The van der Waals surface area contributed by atoms with Crippen molar-refractivity contribution in [3.05, 3.63) is 22.4 Å². The summed E-state index contributed by atoms with van der Waals surface area (Å²) in [5.41, 5.74) is -0.688. The first-order valence-electron chi connectivity index (χ1n) is 8.42. The predicted octanol–water partition coefficient (Wildman–Crippen LogP) is 2.22. The van der Waals surface area contributed by atoms with Crippen LogP contribution in [0.2, 0.25) is 0 Å². The zero-order valence-corrected chi connectivity index (χ0v) is 14.8. The second-order valence-corrected chi connectivity index (χ2v) is 7.63. The maximum Gasteiger partial charge on any atom is 0.327 e. The Labute approximate surface area is 146 Å². The number of likely N-dealkylation sites (N-methyl/N-ethyl adjacent to an activating group) is 1. The first kappa shape index (κ1) is 17.4. The molecule has 1 atom stereocenters. The molecule has 3 rings (SSSR count). The van der Waals surface area contributed by atoms with Crippen LogP contribution in [0.4, 0.5) is 4.79 Å². The summed E-state index contributed by atoms with van der Waals surface area (Å²) in [6.07, 6.45) is 3.60. The van der Waals surface area contributed by atoms with E-state index in [9.17, 15) is 14.7 Å². The van der Waals surface area contributed by atoms with Crippen molar-refractivity contribution >= 4 is 23.3 Å². The van der Waals surface area contributed by atoms with Gasteiger partial charge in [0, 0.05) is 11.9 Å². The monoisotopic (exact) mass is 352 g/mol. The minimum atomic E-state index is -0.870. The summed E-state index contributed by atoms with van der Waals surface area (Å²) in [4.78, 5) is 29.1. The van der Waals surface area contributed by atoms with Gasteiger partial charge in [-0.05, 0) is 24.3 Å². The molecule has 1 aliphatic heterocycles. The number of aliphatic hydroxyl groups excluding tert-OH is 1. The molecule has 2 aliphatic rings. The molecule has 1 aromatic rings. The molecule has 1 aromatic heterocycles. The van der Waals surface area contributed by atoms with Crippen LogP contribution in [0.3, 0.4) is 0 Å². The Kier molecular flexibility index (Phi) is 5.22. The maximum atomic E-state index is 12.8. The third kappa shape index (κ3) is 3.20. The normalized spacial score (nSPS) is 21.8. The smallest absolute Gasteiger partial charge is 0.327 e. The van der Waals surface area contributed by atoms with E-state index < -0.39 is 11.6 Å². The lowest BCUT2D eigenvalue weighted by atomic mass is 9.81. The van der Waals surface area contributed by atoms with Crippen molar-refractivity contribution < 1.29 is 19.4 Å². The van der Waals surface area contributed by atoms with Gasteiger partial charge in [0.2, 0.25) is 0 Å². The van der Waals surface area contributed by atoms with Crippen molar-refractivity contribution in [1.82, 2.24) is 9.80 Å². The fraction of sp³-hybridized carbons (Fsp3) is 0.647. The number of amides is 3. The number of carbonyl (C=O) groups excluding carboxylic acids is 2. The largest absolute Gasteiger partial charge is 0.389 e. The Balaban J connectivity index is 1.56. The van der Waals surface area contributed by atoms with E-state index in [1.807, 2.05) is 17.5 Å². The van der Waals surface area contributed by atoms with Crippen LogP contribution in [0.15, 0.2) is 17.5 Å². The Bertz CT molecular complexity index is 583. The average molecular weight is 352 g/mol. The zero-order valence-electron chi connectivity index (χ0n) is 13.9. The van der Waals surface area contributed by atoms with Crippen molar-refractivity contribution in [3.63, 3.8) is 0 Å². The lowest BCUT2D eigenvalue weighted by Crippen LogP contribution is -2.49. The minimum absolute atomic E-state index is 0.00576. The summed E-state index contributed by atoms with van der Waals surface area (Å²) >= 11 is 1.59. The molecule has 3 amide bonds. The van der Waals surface area contributed by atoms with Gasteiger partial charge in [0.15, 0.2) is 0 Å². The minimum Gasteiger partial charge on any atom is -0.389 e. The lowest BCUT2D eigenvalue weighted by Gasteiger charge is -2.35. The topological polar surface area (TPSA) is 70.1 Å². The van der Waals surface area contributed by atoms with Crippen LogP contribution >= 0.6 is 11.3 Å². The number of aliphatic hydroxyl groups is 1. The Morgan fingerprint density at radius 1 is 1.33 bits per heavy atom. The van der Waals surface area contributed by atoms with Crippen LogP contribution in [-0.2, 0) is 16.1 Å². The Morgan fingerprint density at radius 2 is 2.08 bits per heavy atom. The summed E-state index contributed by atoms with van der Waals surface area (Å²) in [7, 11) is 1.70. The fourth-order valence-electron chi connectivity index (χ4n) is 3.65. The van der Waals surface area contributed by atoms with Gasteiger partial charge in [-0.15, -0.1) is 11.3 Å². The molecule has 1 spiro atoms. The Hall–Kier alpha value is -1.44. The zero-order chi connectivity index (χ0) is 17.2. The number of imide groups is 1. The van der Waals surface area contributed by atoms with E-state index in [1.54, 1.807) is 23.3 Å². The molecule has 1 saturated heterocycles. The molecule has 2 heterocycles. The van der Waals surface area contributed by atoms with E-state index in [-0.39, 0.29) is 25.1 Å². The average Bonchev–Trinajstić information content (AvgIpc) is 3.16. The predicted molar refractivity (Wildman–Crippen MR) is 90.7 cm³/mol. The second-order valence-electron chi connectivity index (χ2n) is 6.60. The van der Waals surface area contributed by atoms with Crippen molar-refractivity contribution in [2.45, 2.75) is 50.4 Å². The lowest BCUT2D eigenvalue weighted by molar-refractivity contribution is -0.135. The fourth-order valence-corrected chi connectivity index (χ4v) is 4.29. The van der Waals surface area contributed by atoms with E-state index in [1.165, 1.54) is 4.90 Å². The summed E-state index contributed by atoms with van der Waals surface area (Å²) in [5, 5.41) is 12.1. The summed E-state index contributed by atoms with van der Waals surface area (Å²) in [6.45, 7) is 0.528. The highest BCUT2D eigenvalue weighted by atomic mass is 32.1. The summed E-state index contributed by atoms with van der Waals surface area (Å²) in [6, 6.07) is 3.60. The van der Waals surface area contributed by atoms with E-state index in [0.29, 0.717) is 6.61 Å². The maximum absolute atomic E-state index is 12.8. The number of urea groups is 1. The highest BCUT2D eigenvalue weighted by Gasteiger charge is 2.55. The molecule has 24 heavy (non-hydrogen) atoms. The molecule has 0 radical (unpaired) electrons. The van der Waals surface area contributed by atoms with Crippen LogP contribution in [0.5, 0.6) is 0 Å². The van der Waals surface area contributed by atoms with Gasteiger partial charge in [-0.25, -0.2) is 4.79 Å². The number of β-amino-alcohol motifs (C(OH)–C–C–N with tert-alkyl or cyclic N) is 1. The number of hydrogen-bond acceptors (Lipinski definition) is 5. The molecular formula is C17H24N2O4S. The SMILES string of the molecule is CN1C(=O)N(CC(O)COCc2cccs2)C(=O)C12CCCCC2. The number of hydrogen-bond donors (Lipinski definition) is 1. The molecule has 1 unspecified atom stereocenters. The molecule has 2 fully saturated rings. The molecule has 1 saturated carbocycles. The van der Waals surface area contributed by atoms with E-state index in [0.717, 1.165) is 37.0 Å². The highest BCUT2D eigenvalue weighted by Crippen LogP contribution is 2.39. The quantitative estimate of drug-likeness (QED) is 0.797.